The molecule has 0 saturated carbocycles. The summed E-state index contributed by atoms with van der Waals surface area (Å²) in [5.74, 6) is -0.656. The Balaban J connectivity index is 1.95. The predicted molar refractivity (Wildman–Crippen MR) is 137 cm³/mol. The van der Waals surface area contributed by atoms with E-state index in [-0.39, 0.29) is 5.78 Å². The molecule has 0 aliphatic heterocycles. The molecule has 1 heterocycles. The number of carbonyl (C=O) groups is 2. The Morgan fingerprint density at radius 2 is 1.77 bits per heavy atom. The molecule has 10 heteroatoms. The largest absolute Gasteiger partial charge is 0.496 e. The lowest BCUT2D eigenvalue weighted by molar-refractivity contribution is -0.152. The minimum absolute atomic E-state index is 0.289. The number of allylic oxidation sites excluding steroid dienone is 1. The Labute approximate surface area is 207 Å². The fourth-order valence-corrected chi connectivity index (χ4v) is 4.40. The molecule has 0 fully saturated rings. The van der Waals surface area contributed by atoms with Crippen molar-refractivity contribution in [3.63, 3.8) is 0 Å². The van der Waals surface area contributed by atoms with Crippen molar-refractivity contribution in [3.05, 3.63) is 71.1 Å². The molecule has 1 aromatic heterocycles. The highest BCUT2D eigenvalue weighted by atomic mass is 32.2. The SMILES string of the molecule is COc1cc(OC(C)(C)C(=O)O)c(-c2cccs2)cc1C=CC(=O)c1ccc(NS(C)(=O)=O)cc1. The van der Waals surface area contributed by atoms with Crippen molar-refractivity contribution in [1.82, 2.24) is 0 Å². The van der Waals surface area contributed by atoms with Crippen molar-refractivity contribution in [3.8, 4) is 21.9 Å². The van der Waals surface area contributed by atoms with Crippen LogP contribution in [0, 0.1) is 0 Å². The van der Waals surface area contributed by atoms with Gasteiger partial charge in [0.1, 0.15) is 11.5 Å². The fourth-order valence-electron chi connectivity index (χ4n) is 3.09. The van der Waals surface area contributed by atoms with Crippen LogP contribution in [0.2, 0.25) is 0 Å². The quantitative estimate of drug-likeness (QED) is 0.290. The van der Waals surface area contributed by atoms with Crippen molar-refractivity contribution >= 4 is 44.9 Å². The number of carboxylic acid groups (broad SMARTS) is 1. The number of benzene rings is 2. The summed E-state index contributed by atoms with van der Waals surface area (Å²) >= 11 is 1.47. The highest BCUT2D eigenvalue weighted by Gasteiger charge is 2.31. The molecule has 0 spiro atoms. The molecule has 0 radical (unpaired) electrons. The zero-order valence-corrected chi connectivity index (χ0v) is 21.2. The standard InChI is InChI=1S/C25H25NO7S2/c1-25(2,24(28)29)33-22-15-21(32-3)17(14-19(22)23-6-5-13-34-23)9-12-20(27)16-7-10-18(11-8-16)26-35(4,30)31/h5-15,26H,1-4H3,(H,28,29). The third kappa shape index (κ3) is 6.71. The predicted octanol–water partition coefficient (Wildman–Crippen LogP) is 4.93. The maximum Gasteiger partial charge on any atom is 0.347 e. The minimum Gasteiger partial charge on any atom is -0.496 e. The Morgan fingerprint density at radius 1 is 1.09 bits per heavy atom. The number of carboxylic acids is 1. The Morgan fingerprint density at radius 3 is 2.31 bits per heavy atom. The number of anilines is 1. The van der Waals surface area contributed by atoms with Gasteiger partial charge in [-0.15, -0.1) is 11.3 Å². The van der Waals surface area contributed by atoms with Crippen LogP contribution in [0.4, 0.5) is 5.69 Å². The number of nitrogens with one attached hydrogen (secondary N) is 1. The maximum atomic E-state index is 12.7. The van der Waals surface area contributed by atoms with E-state index >= 15 is 0 Å². The highest BCUT2D eigenvalue weighted by molar-refractivity contribution is 7.92. The van der Waals surface area contributed by atoms with E-state index in [1.807, 2.05) is 17.5 Å². The van der Waals surface area contributed by atoms with E-state index in [2.05, 4.69) is 4.72 Å². The Kier molecular flexibility index (Phi) is 7.67. The second kappa shape index (κ2) is 10.3. The maximum absolute atomic E-state index is 12.7. The summed E-state index contributed by atoms with van der Waals surface area (Å²) in [6.45, 7) is 2.92. The van der Waals surface area contributed by atoms with E-state index in [0.29, 0.717) is 33.9 Å². The molecule has 2 aromatic carbocycles. The average Bonchev–Trinajstić information content (AvgIpc) is 3.31. The molecule has 35 heavy (non-hydrogen) atoms. The molecule has 3 rings (SSSR count). The molecule has 8 nitrogen and oxygen atoms in total. The molecule has 0 saturated heterocycles. The molecule has 2 N–H and O–H groups in total. The molecule has 0 bridgehead atoms. The Hall–Kier alpha value is -3.63. The Bertz CT molecular complexity index is 1360. The highest BCUT2D eigenvalue weighted by Crippen LogP contribution is 2.40. The summed E-state index contributed by atoms with van der Waals surface area (Å²) in [5.41, 5.74) is 0.525. The first kappa shape index (κ1) is 26.0. The summed E-state index contributed by atoms with van der Waals surface area (Å²) < 4.78 is 36.4. The van der Waals surface area contributed by atoms with Gasteiger partial charge in [0.05, 0.1) is 13.4 Å². The van der Waals surface area contributed by atoms with Crippen molar-refractivity contribution in [2.24, 2.45) is 0 Å². The third-order valence-electron chi connectivity index (χ3n) is 4.89. The summed E-state index contributed by atoms with van der Waals surface area (Å²) in [4.78, 5) is 25.2. The second-order valence-electron chi connectivity index (χ2n) is 8.13. The second-order valence-corrected chi connectivity index (χ2v) is 10.8. The molecule has 0 amide bonds. The first-order valence-electron chi connectivity index (χ1n) is 10.4. The van der Waals surface area contributed by atoms with Gasteiger partial charge >= 0.3 is 5.97 Å². The molecule has 0 aliphatic rings. The number of ether oxygens (including phenoxy) is 2. The van der Waals surface area contributed by atoms with E-state index in [1.54, 1.807) is 18.2 Å². The van der Waals surface area contributed by atoms with Crippen LogP contribution < -0.4 is 14.2 Å². The number of aliphatic carboxylic acids is 1. The summed E-state index contributed by atoms with van der Waals surface area (Å²) in [6.07, 6.45) is 4.04. The van der Waals surface area contributed by atoms with E-state index in [0.717, 1.165) is 11.1 Å². The summed E-state index contributed by atoms with van der Waals surface area (Å²) in [6, 6.07) is 13.2. The minimum atomic E-state index is -3.41. The van der Waals surface area contributed by atoms with Crippen molar-refractivity contribution in [2.45, 2.75) is 19.4 Å². The number of thiophene rings is 1. The molecule has 0 unspecified atom stereocenters. The fraction of sp³-hybridized carbons (Fsp3) is 0.200. The zero-order valence-electron chi connectivity index (χ0n) is 19.6. The molecular weight excluding hydrogens is 490 g/mol. The molecule has 3 aromatic rings. The first-order valence-corrected chi connectivity index (χ1v) is 13.2. The van der Waals surface area contributed by atoms with E-state index < -0.39 is 21.6 Å². The van der Waals surface area contributed by atoms with Gasteiger partial charge in [0.2, 0.25) is 10.0 Å². The van der Waals surface area contributed by atoms with E-state index in [4.69, 9.17) is 9.47 Å². The van der Waals surface area contributed by atoms with Gasteiger partial charge in [0, 0.05) is 33.3 Å². The summed E-state index contributed by atoms with van der Waals surface area (Å²) in [7, 11) is -1.94. The lowest BCUT2D eigenvalue weighted by atomic mass is 10.0. The van der Waals surface area contributed by atoms with Gasteiger partial charge in [-0.1, -0.05) is 6.07 Å². The number of ketones is 1. The van der Waals surface area contributed by atoms with Crippen LogP contribution in [0.3, 0.4) is 0 Å². The van der Waals surface area contributed by atoms with Gasteiger partial charge in [0.25, 0.3) is 0 Å². The summed E-state index contributed by atoms with van der Waals surface area (Å²) in [5, 5.41) is 11.4. The molecular formula is C25H25NO7S2. The van der Waals surface area contributed by atoms with E-state index in [1.165, 1.54) is 62.6 Å². The smallest absolute Gasteiger partial charge is 0.347 e. The molecule has 0 aliphatic carbocycles. The van der Waals surface area contributed by atoms with Crippen molar-refractivity contribution in [1.29, 1.82) is 0 Å². The van der Waals surface area contributed by atoms with Crippen LogP contribution in [0.25, 0.3) is 16.5 Å². The number of hydrogen-bond acceptors (Lipinski definition) is 7. The van der Waals surface area contributed by atoms with Gasteiger partial charge in [-0.05, 0) is 67.8 Å². The van der Waals surface area contributed by atoms with Gasteiger partial charge < -0.3 is 14.6 Å². The van der Waals surface area contributed by atoms with Crippen molar-refractivity contribution < 1.29 is 32.6 Å². The van der Waals surface area contributed by atoms with Crippen LogP contribution in [0.15, 0.2) is 60.0 Å². The number of carbonyl (C=O) groups excluding carboxylic acids is 1. The van der Waals surface area contributed by atoms with Gasteiger partial charge in [-0.3, -0.25) is 9.52 Å². The van der Waals surface area contributed by atoms with Gasteiger partial charge in [-0.25, -0.2) is 13.2 Å². The van der Waals surface area contributed by atoms with E-state index in [9.17, 15) is 23.1 Å². The van der Waals surface area contributed by atoms with Crippen LogP contribution in [0.1, 0.15) is 29.8 Å². The number of rotatable bonds is 10. The zero-order chi connectivity index (χ0) is 25.8. The lowest BCUT2D eigenvalue weighted by Crippen LogP contribution is -2.38. The molecule has 184 valence electrons. The topological polar surface area (TPSA) is 119 Å². The van der Waals surface area contributed by atoms with Gasteiger partial charge in [0.15, 0.2) is 11.4 Å². The monoisotopic (exact) mass is 515 g/mol. The van der Waals surface area contributed by atoms with Crippen molar-refractivity contribution in [2.75, 3.05) is 18.1 Å². The number of methoxy groups -OCH3 is 1. The third-order valence-corrected chi connectivity index (χ3v) is 6.40. The number of sulfonamides is 1. The van der Waals surface area contributed by atoms with Crippen LogP contribution in [0.5, 0.6) is 11.5 Å². The van der Waals surface area contributed by atoms with Gasteiger partial charge in [-0.2, -0.15) is 0 Å². The van der Waals surface area contributed by atoms with Crippen LogP contribution in [-0.4, -0.2) is 44.2 Å². The normalized spacial score (nSPS) is 11.9. The first-order chi connectivity index (χ1) is 16.4. The van der Waals surface area contributed by atoms with Crippen LogP contribution in [-0.2, 0) is 14.8 Å². The average molecular weight is 516 g/mol. The lowest BCUT2D eigenvalue weighted by Gasteiger charge is -2.24. The van der Waals surface area contributed by atoms with Crippen LogP contribution >= 0.6 is 11.3 Å². The number of hydrogen-bond donors (Lipinski definition) is 2. The molecule has 0 atom stereocenters.